The van der Waals surface area contributed by atoms with Gasteiger partial charge in [0, 0.05) is 10.9 Å². The van der Waals surface area contributed by atoms with Crippen molar-refractivity contribution in [3.05, 3.63) is 24.1 Å². The first kappa shape index (κ1) is 16.1. The van der Waals surface area contributed by atoms with Gasteiger partial charge in [0.2, 0.25) is 0 Å². The van der Waals surface area contributed by atoms with Crippen LogP contribution in [-0.2, 0) is 0 Å². The molecule has 0 atom stereocenters. The van der Waals surface area contributed by atoms with Crippen LogP contribution in [0, 0.1) is 5.82 Å². The number of halogens is 1. The van der Waals surface area contributed by atoms with E-state index in [0.717, 1.165) is 10.9 Å². The van der Waals surface area contributed by atoms with Crippen LogP contribution in [0.15, 0.2) is 23.2 Å². The molecule has 0 aliphatic rings. The molecule has 0 unspecified atom stereocenters. The Morgan fingerprint density at radius 1 is 1.36 bits per heavy atom. The van der Waals surface area contributed by atoms with Gasteiger partial charge in [0.1, 0.15) is 15.9 Å². The SMILES string of the molecule is CCOc1c(F)c(SC)c(-c2ccc3nc(N)sc3n2)c2cn[nH]c12. The van der Waals surface area contributed by atoms with E-state index in [4.69, 9.17) is 10.5 Å². The molecule has 0 bridgehead atoms. The number of thiazole rings is 1. The number of thioether (sulfide) groups is 1. The average Bonchev–Trinajstić information content (AvgIpc) is 3.21. The summed E-state index contributed by atoms with van der Waals surface area (Å²) in [5.41, 5.74) is 8.35. The Kier molecular flexibility index (Phi) is 3.97. The zero-order chi connectivity index (χ0) is 17.6. The fourth-order valence-corrected chi connectivity index (χ4v) is 4.19. The van der Waals surface area contributed by atoms with E-state index in [1.54, 1.807) is 6.20 Å². The minimum atomic E-state index is -0.410. The van der Waals surface area contributed by atoms with Gasteiger partial charge in [0.15, 0.2) is 16.7 Å². The topological polar surface area (TPSA) is 89.7 Å². The van der Waals surface area contributed by atoms with Crippen LogP contribution in [-0.4, -0.2) is 33.0 Å². The molecule has 1 aromatic carbocycles. The number of rotatable bonds is 4. The third kappa shape index (κ3) is 2.50. The highest BCUT2D eigenvalue weighted by molar-refractivity contribution is 7.98. The first-order valence-electron chi connectivity index (χ1n) is 7.52. The summed E-state index contributed by atoms with van der Waals surface area (Å²) >= 11 is 2.62. The lowest BCUT2D eigenvalue weighted by molar-refractivity contribution is 0.322. The van der Waals surface area contributed by atoms with Crippen molar-refractivity contribution in [1.82, 2.24) is 20.2 Å². The van der Waals surface area contributed by atoms with Gasteiger partial charge >= 0.3 is 0 Å². The van der Waals surface area contributed by atoms with Gasteiger partial charge in [-0.25, -0.2) is 14.4 Å². The summed E-state index contributed by atoms with van der Waals surface area (Å²) in [5.74, 6) is -0.224. The molecule has 3 heterocycles. The minimum Gasteiger partial charge on any atom is -0.489 e. The Morgan fingerprint density at radius 3 is 2.96 bits per heavy atom. The Bertz CT molecular complexity index is 1090. The number of aromatic amines is 1. The van der Waals surface area contributed by atoms with E-state index in [1.165, 1.54) is 23.1 Å². The second-order valence-electron chi connectivity index (χ2n) is 5.22. The Hall–Kier alpha value is -2.39. The predicted molar refractivity (Wildman–Crippen MR) is 99.8 cm³/mol. The molecule has 9 heteroatoms. The first-order chi connectivity index (χ1) is 12.1. The second kappa shape index (κ2) is 6.16. The summed E-state index contributed by atoms with van der Waals surface area (Å²) in [4.78, 5) is 10.0. The van der Waals surface area contributed by atoms with E-state index < -0.39 is 5.82 Å². The van der Waals surface area contributed by atoms with E-state index in [9.17, 15) is 0 Å². The number of fused-ring (bicyclic) bond motifs is 2. The fourth-order valence-electron chi connectivity index (χ4n) is 2.79. The summed E-state index contributed by atoms with van der Waals surface area (Å²) in [5, 5.41) is 8.13. The summed E-state index contributed by atoms with van der Waals surface area (Å²) < 4.78 is 20.6. The quantitative estimate of drug-likeness (QED) is 0.523. The van der Waals surface area contributed by atoms with Crippen LogP contribution in [0.1, 0.15) is 6.92 Å². The number of hydrogen-bond donors (Lipinski definition) is 2. The molecule has 0 saturated heterocycles. The van der Waals surface area contributed by atoms with Crippen molar-refractivity contribution in [2.45, 2.75) is 11.8 Å². The number of nitrogens with zero attached hydrogens (tertiary/aromatic N) is 3. The van der Waals surface area contributed by atoms with Crippen molar-refractivity contribution in [3.8, 4) is 17.0 Å². The summed E-state index contributed by atoms with van der Waals surface area (Å²) in [6.07, 6.45) is 3.49. The predicted octanol–water partition coefficient (Wildman–Crippen LogP) is 4.08. The number of nitrogens with two attached hydrogens (primary N) is 1. The molecule has 0 saturated carbocycles. The standard InChI is InChI=1S/C16H14FN5OS2/c1-3-23-13-11(17)14(24-2)10(7-6-19-22-12(7)13)8-4-5-9-15(20-8)25-16(18)21-9/h4-6H,3H2,1-2H3,(H2,18,21)(H,19,22). The molecule has 0 amide bonds. The number of hydrogen-bond acceptors (Lipinski definition) is 7. The van der Waals surface area contributed by atoms with Gasteiger partial charge in [-0.3, -0.25) is 5.10 Å². The molecular weight excluding hydrogens is 361 g/mol. The van der Waals surface area contributed by atoms with Gasteiger partial charge in [0.25, 0.3) is 0 Å². The molecule has 0 radical (unpaired) electrons. The number of H-pyrrole nitrogens is 1. The van der Waals surface area contributed by atoms with Crippen LogP contribution >= 0.6 is 23.1 Å². The summed E-state index contributed by atoms with van der Waals surface area (Å²) in [7, 11) is 0. The van der Waals surface area contributed by atoms with E-state index >= 15 is 4.39 Å². The smallest absolute Gasteiger partial charge is 0.182 e. The molecule has 6 nitrogen and oxygen atoms in total. The lowest BCUT2D eigenvalue weighted by atomic mass is 10.1. The van der Waals surface area contributed by atoms with Gasteiger partial charge in [-0.15, -0.1) is 11.8 Å². The maximum atomic E-state index is 15.1. The maximum Gasteiger partial charge on any atom is 0.182 e. The Labute approximate surface area is 150 Å². The second-order valence-corrected chi connectivity index (χ2v) is 7.04. The normalized spacial score (nSPS) is 11.5. The van der Waals surface area contributed by atoms with Crippen LogP contribution in [0.25, 0.3) is 32.5 Å². The van der Waals surface area contributed by atoms with Crippen molar-refractivity contribution >= 4 is 49.5 Å². The molecule has 0 aliphatic carbocycles. The molecule has 128 valence electrons. The van der Waals surface area contributed by atoms with Crippen LogP contribution in [0.5, 0.6) is 5.75 Å². The molecule has 0 fully saturated rings. The highest BCUT2D eigenvalue weighted by atomic mass is 32.2. The number of nitrogen functional groups attached to an aromatic ring is 1. The average molecular weight is 375 g/mol. The lowest BCUT2D eigenvalue weighted by Crippen LogP contribution is -2.00. The fraction of sp³-hybridized carbons (Fsp3) is 0.188. The lowest BCUT2D eigenvalue weighted by Gasteiger charge is -2.14. The van der Waals surface area contributed by atoms with Gasteiger partial charge in [-0.05, 0) is 25.3 Å². The molecule has 3 N–H and O–H groups in total. The number of anilines is 1. The summed E-state index contributed by atoms with van der Waals surface area (Å²) in [6.45, 7) is 2.18. The number of ether oxygens (including phenoxy) is 1. The van der Waals surface area contributed by atoms with Gasteiger partial charge < -0.3 is 10.5 Å². The van der Waals surface area contributed by atoms with E-state index in [0.29, 0.717) is 38.2 Å². The first-order valence-corrected chi connectivity index (χ1v) is 9.57. The molecule has 4 aromatic rings. The van der Waals surface area contributed by atoms with E-state index in [1.807, 2.05) is 25.3 Å². The molecular formula is C16H14FN5OS2. The number of nitrogens with one attached hydrogen (secondary N) is 1. The zero-order valence-corrected chi connectivity index (χ0v) is 15.1. The number of aromatic nitrogens is 4. The Balaban J connectivity index is 2.05. The van der Waals surface area contributed by atoms with Crippen molar-refractivity contribution in [2.75, 3.05) is 18.6 Å². The molecule has 0 aliphatic heterocycles. The van der Waals surface area contributed by atoms with Crippen molar-refractivity contribution < 1.29 is 9.13 Å². The van der Waals surface area contributed by atoms with Crippen LogP contribution in [0.3, 0.4) is 0 Å². The van der Waals surface area contributed by atoms with Gasteiger partial charge in [-0.2, -0.15) is 5.10 Å². The third-order valence-electron chi connectivity index (χ3n) is 3.78. The van der Waals surface area contributed by atoms with Crippen molar-refractivity contribution in [3.63, 3.8) is 0 Å². The highest BCUT2D eigenvalue weighted by Crippen LogP contribution is 2.43. The summed E-state index contributed by atoms with van der Waals surface area (Å²) in [6, 6.07) is 3.66. The zero-order valence-electron chi connectivity index (χ0n) is 13.5. The van der Waals surface area contributed by atoms with Gasteiger partial charge in [-0.1, -0.05) is 11.3 Å². The molecule has 3 aromatic heterocycles. The van der Waals surface area contributed by atoms with Crippen LogP contribution in [0.4, 0.5) is 9.52 Å². The van der Waals surface area contributed by atoms with Crippen LogP contribution in [0.2, 0.25) is 0 Å². The number of pyridine rings is 1. The van der Waals surface area contributed by atoms with Crippen LogP contribution < -0.4 is 10.5 Å². The molecule has 4 rings (SSSR count). The van der Waals surface area contributed by atoms with Gasteiger partial charge in [0.05, 0.1) is 23.4 Å². The monoisotopic (exact) mass is 375 g/mol. The highest BCUT2D eigenvalue weighted by Gasteiger charge is 2.23. The van der Waals surface area contributed by atoms with Crippen molar-refractivity contribution in [2.24, 2.45) is 0 Å². The van der Waals surface area contributed by atoms with Crippen molar-refractivity contribution in [1.29, 1.82) is 0 Å². The Morgan fingerprint density at radius 2 is 2.20 bits per heavy atom. The van der Waals surface area contributed by atoms with E-state index in [2.05, 4.69) is 20.2 Å². The molecule has 0 spiro atoms. The maximum absolute atomic E-state index is 15.1. The largest absolute Gasteiger partial charge is 0.489 e. The third-order valence-corrected chi connectivity index (χ3v) is 5.37. The minimum absolute atomic E-state index is 0.186. The molecule has 25 heavy (non-hydrogen) atoms. The van der Waals surface area contributed by atoms with E-state index in [-0.39, 0.29) is 5.75 Å². The number of benzene rings is 1.